The summed E-state index contributed by atoms with van der Waals surface area (Å²) in [5, 5.41) is 18.3. The lowest BCUT2D eigenvalue weighted by molar-refractivity contribution is -0.156. The molecule has 0 aromatic rings. The van der Waals surface area contributed by atoms with E-state index in [0.29, 0.717) is 4.91 Å². The molecule has 1 saturated heterocycles. The first-order valence-corrected chi connectivity index (χ1v) is 6.15. The van der Waals surface area contributed by atoms with Crippen LogP contribution >= 0.6 is 11.8 Å². The number of aliphatic hydroxyl groups is 1. The van der Waals surface area contributed by atoms with Crippen LogP contribution in [0.2, 0.25) is 0 Å². The summed E-state index contributed by atoms with van der Waals surface area (Å²) in [6.07, 6.45) is -0.779. The highest BCUT2D eigenvalue weighted by Gasteiger charge is 2.57. The van der Waals surface area contributed by atoms with E-state index in [-0.39, 0.29) is 17.0 Å². The van der Waals surface area contributed by atoms with Crippen LogP contribution in [-0.4, -0.2) is 44.5 Å². The molecule has 2 rings (SSSR count). The van der Waals surface area contributed by atoms with Gasteiger partial charge in [-0.15, -0.1) is 0 Å². The van der Waals surface area contributed by atoms with Crippen LogP contribution in [0.15, 0.2) is 10.6 Å². The molecule has 1 amide bonds. The molecule has 17 heavy (non-hydrogen) atoms. The molecule has 0 saturated carbocycles. The largest absolute Gasteiger partial charge is 0.477 e. The van der Waals surface area contributed by atoms with Crippen molar-refractivity contribution in [3.63, 3.8) is 0 Å². The second kappa shape index (κ2) is 4.01. The molecule has 1 fully saturated rings. The normalized spacial score (nSPS) is 31.1. The highest BCUT2D eigenvalue weighted by Crippen LogP contribution is 2.50. The maximum absolute atomic E-state index is 11.8. The molecule has 0 radical (unpaired) electrons. The van der Waals surface area contributed by atoms with Crippen molar-refractivity contribution in [1.29, 1.82) is 0 Å². The summed E-state index contributed by atoms with van der Waals surface area (Å²) >= 11 is 1.26. The Hall–Kier alpha value is -1.05. The number of nitrogens with two attached hydrogens (primary N) is 1. The van der Waals surface area contributed by atoms with E-state index in [1.165, 1.54) is 23.6 Å². The van der Waals surface area contributed by atoms with Gasteiger partial charge in [0.05, 0.1) is 12.0 Å². The zero-order valence-corrected chi connectivity index (χ0v) is 10.3. The molecule has 94 valence electrons. The molecule has 2 aliphatic rings. The van der Waals surface area contributed by atoms with E-state index in [4.69, 9.17) is 10.8 Å². The van der Waals surface area contributed by atoms with Gasteiger partial charge in [-0.3, -0.25) is 9.69 Å². The number of carbonyl (C=O) groups is 2. The Morgan fingerprint density at radius 3 is 2.53 bits per heavy atom. The Labute approximate surface area is 102 Å². The number of aliphatic hydroxyl groups excluding tert-OH is 1. The summed E-state index contributed by atoms with van der Waals surface area (Å²) in [7, 11) is 0. The second-order valence-corrected chi connectivity index (χ2v) is 5.45. The molecule has 6 nitrogen and oxygen atoms in total. The van der Waals surface area contributed by atoms with Crippen LogP contribution in [0.5, 0.6) is 0 Å². The number of β-lactam (4-membered cyclic amide) rings is 1. The maximum Gasteiger partial charge on any atom is 0.353 e. The van der Waals surface area contributed by atoms with Gasteiger partial charge in [-0.25, -0.2) is 4.79 Å². The number of carbonyl (C=O) groups excluding carboxylic acids is 1. The molecule has 0 aromatic heterocycles. The molecule has 0 aromatic carbocycles. The lowest BCUT2D eigenvalue weighted by atomic mass is 9.92. The van der Waals surface area contributed by atoms with Crippen molar-refractivity contribution in [2.24, 2.45) is 11.7 Å². The number of carboxylic acids is 1. The number of nitrogens with zero attached hydrogens (tertiary/aromatic N) is 1. The number of amides is 1. The summed E-state index contributed by atoms with van der Waals surface area (Å²) in [5.41, 5.74) is 5.67. The summed E-state index contributed by atoms with van der Waals surface area (Å²) in [5.74, 6) is -2.03. The number of fused-ring (bicyclic) bond motifs is 1. The lowest BCUT2D eigenvalue weighted by Crippen LogP contribution is -2.60. The summed E-state index contributed by atoms with van der Waals surface area (Å²) in [4.78, 5) is 24.7. The highest BCUT2D eigenvalue weighted by molar-refractivity contribution is 8.04. The predicted molar refractivity (Wildman–Crippen MR) is 61.7 cm³/mol. The smallest absolute Gasteiger partial charge is 0.353 e. The quantitative estimate of drug-likeness (QED) is 0.592. The van der Waals surface area contributed by atoms with Gasteiger partial charge < -0.3 is 15.9 Å². The molecule has 0 aliphatic carbocycles. The number of carboxylic acid groups (broad SMARTS) is 1. The second-order valence-electron chi connectivity index (χ2n) is 4.29. The molecular formula is C10H14N2O4S. The van der Waals surface area contributed by atoms with E-state index in [0.717, 1.165) is 0 Å². The number of thioether (sulfide) groups is 1. The molecule has 0 spiro atoms. The van der Waals surface area contributed by atoms with Gasteiger partial charge in [0.25, 0.3) is 0 Å². The number of aliphatic carboxylic acids is 1. The van der Waals surface area contributed by atoms with E-state index in [1.54, 1.807) is 6.92 Å². The van der Waals surface area contributed by atoms with Crippen molar-refractivity contribution in [1.82, 2.24) is 4.90 Å². The average molecular weight is 258 g/mol. The third-order valence-corrected chi connectivity index (χ3v) is 4.51. The Balaban J connectivity index is 2.33. The molecule has 2 aliphatic heterocycles. The SMILES string of the molecule is CC(N)C1=C(C(=O)O)N2C(=O)C(C(C)O)[C@H]2S1. The van der Waals surface area contributed by atoms with Crippen molar-refractivity contribution in [3.8, 4) is 0 Å². The Morgan fingerprint density at radius 1 is 1.53 bits per heavy atom. The van der Waals surface area contributed by atoms with Gasteiger partial charge in [-0.05, 0) is 13.8 Å². The predicted octanol–water partition coefficient (Wildman–Crippen LogP) is -0.458. The topological polar surface area (TPSA) is 104 Å². The number of hydrogen-bond acceptors (Lipinski definition) is 5. The van der Waals surface area contributed by atoms with E-state index in [1.807, 2.05) is 0 Å². The van der Waals surface area contributed by atoms with Crippen molar-refractivity contribution < 1.29 is 19.8 Å². The van der Waals surface area contributed by atoms with Crippen molar-refractivity contribution in [2.75, 3.05) is 0 Å². The maximum atomic E-state index is 11.8. The fourth-order valence-electron chi connectivity index (χ4n) is 2.13. The van der Waals surface area contributed by atoms with Crippen LogP contribution in [0.25, 0.3) is 0 Å². The van der Waals surface area contributed by atoms with Crippen LogP contribution in [0.3, 0.4) is 0 Å². The third kappa shape index (κ3) is 1.65. The van der Waals surface area contributed by atoms with Gasteiger partial charge in [0.15, 0.2) is 0 Å². The molecule has 4 N–H and O–H groups in total. The van der Waals surface area contributed by atoms with Gasteiger partial charge in [0, 0.05) is 10.9 Å². The fourth-order valence-corrected chi connectivity index (χ4v) is 3.71. The molecular weight excluding hydrogens is 244 g/mol. The first-order valence-electron chi connectivity index (χ1n) is 5.27. The molecule has 0 bridgehead atoms. The van der Waals surface area contributed by atoms with Gasteiger partial charge in [-0.2, -0.15) is 0 Å². The lowest BCUT2D eigenvalue weighted by Gasteiger charge is -2.43. The van der Waals surface area contributed by atoms with E-state index in [2.05, 4.69) is 0 Å². The van der Waals surface area contributed by atoms with Crippen molar-refractivity contribution >= 4 is 23.6 Å². The Morgan fingerprint density at radius 2 is 2.12 bits per heavy atom. The van der Waals surface area contributed by atoms with Crippen LogP contribution in [0.4, 0.5) is 0 Å². The fraction of sp³-hybridized carbons (Fsp3) is 0.600. The minimum absolute atomic E-state index is 0.0306. The first-order chi connectivity index (χ1) is 7.86. The van der Waals surface area contributed by atoms with E-state index in [9.17, 15) is 14.7 Å². The molecule has 3 unspecified atom stereocenters. The zero-order chi connectivity index (χ0) is 12.9. The van der Waals surface area contributed by atoms with Gasteiger partial charge in [-0.1, -0.05) is 11.8 Å². The number of rotatable bonds is 3. The van der Waals surface area contributed by atoms with Crippen LogP contribution in [0.1, 0.15) is 13.8 Å². The summed E-state index contributed by atoms with van der Waals surface area (Å²) in [6, 6.07) is -0.431. The Kier molecular flexibility index (Phi) is 2.92. The molecule has 7 heteroatoms. The van der Waals surface area contributed by atoms with Gasteiger partial charge >= 0.3 is 5.97 Å². The van der Waals surface area contributed by atoms with E-state index < -0.39 is 24.0 Å². The minimum atomic E-state index is -1.15. The summed E-state index contributed by atoms with van der Waals surface area (Å²) in [6.45, 7) is 3.21. The van der Waals surface area contributed by atoms with Crippen LogP contribution in [0, 0.1) is 5.92 Å². The molecule has 2 heterocycles. The van der Waals surface area contributed by atoms with Crippen LogP contribution < -0.4 is 5.73 Å². The van der Waals surface area contributed by atoms with Gasteiger partial charge in [0.2, 0.25) is 5.91 Å². The zero-order valence-electron chi connectivity index (χ0n) is 9.45. The third-order valence-electron chi connectivity index (χ3n) is 2.94. The number of hydrogen-bond donors (Lipinski definition) is 3. The summed E-state index contributed by atoms with van der Waals surface area (Å²) < 4.78 is 0. The average Bonchev–Trinajstić information content (AvgIpc) is 2.52. The highest BCUT2D eigenvalue weighted by atomic mass is 32.2. The van der Waals surface area contributed by atoms with Crippen molar-refractivity contribution in [3.05, 3.63) is 10.6 Å². The molecule has 4 atom stereocenters. The standard InChI is InChI=1S/C10H14N2O4S/c1-3(11)7-6(10(15)16)12-8(14)5(4(2)13)9(12)17-7/h3-5,9,13H,11H2,1-2H3,(H,15,16)/t3?,4?,5?,9-/m1/s1. The minimum Gasteiger partial charge on any atom is -0.477 e. The first kappa shape index (κ1) is 12.4. The van der Waals surface area contributed by atoms with Gasteiger partial charge in [0.1, 0.15) is 11.1 Å². The van der Waals surface area contributed by atoms with E-state index >= 15 is 0 Å². The Bertz CT molecular complexity index is 419. The van der Waals surface area contributed by atoms with Crippen LogP contribution in [-0.2, 0) is 9.59 Å². The van der Waals surface area contributed by atoms with Crippen molar-refractivity contribution in [2.45, 2.75) is 31.4 Å². The monoisotopic (exact) mass is 258 g/mol.